The van der Waals surface area contributed by atoms with Gasteiger partial charge in [-0.25, -0.2) is 0 Å². The van der Waals surface area contributed by atoms with Gasteiger partial charge in [-0.2, -0.15) is 0 Å². The highest BCUT2D eigenvalue weighted by Crippen LogP contribution is 2.04. The Kier molecular flexibility index (Phi) is 10.9. The van der Waals surface area contributed by atoms with Gasteiger partial charge in [0.25, 0.3) is 0 Å². The molecule has 1 aromatic carbocycles. The average Bonchev–Trinajstić information content (AvgIpc) is 2.63. The molecule has 0 bridgehead atoms. The summed E-state index contributed by atoms with van der Waals surface area (Å²) in [5.74, 6) is -0.496. The Morgan fingerprint density at radius 2 is 1.68 bits per heavy atom. The number of nitrogens with one attached hydrogen (secondary N) is 2. The number of amides is 2. The fourth-order valence-corrected chi connectivity index (χ4v) is 2.49. The van der Waals surface area contributed by atoms with Crippen LogP contribution in [0.2, 0.25) is 0 Å². The van der Waals surface area contributed by atoms with E-state index in [4.69, 9.17) is 5.73 Å². The van der Waals surface area contributed by atoms with Crippen LogP contribution in [0.1, 0.15) is 44.1 Å². The van der Waals surface area contributed by atoms with E-state index in [0.29, 0.717) is 25.7 Å². The van der Waals surface area contributed by atoms with Crippen molar-refractivity contribution in [3.8, 4) is 0 Å². The second-order valence-electron chi connectivity index (χ2n) is 6.08. The summed E-state index contributed by atoms with van der Waals surface area (Å²) in [4.78, 5) is 34.7. The summed E-state index contributed by atoms with van der Waals surface area (Å²) < 4.78 is 0. The van der Waals surface area contributed by atoms with Gasteiger partial charge in [0.1, 0.15) is 6.29 Å². The molecule has 0 spiro atoms. The fraction of sp³-hybridized carbons (Fsp3) is 0.526. The number of hydrogen-bond donors (Lipinski definition) is 3. The van der Waals surface area contributed by atoms with Crippen LogP contribution in [0, 0.1) is 0 Å². The highest BCUT2D eigenvalue weighted by atomic mass is 16.2. The molecule has 1 rings (SSSR count). The number of rotatable bonds is 13. The maximum atomic E-state index is 11.9. The molecule has 0 fully saturated rings. The van der Waals surface area contributed by atoms with Crippen LogP contribution in [0.3, 0.4) is 0 Å². The lowest BCUT2D eigenvalue weighted by atomic mass is 10.1. The summed E-state index contributed by atoms with van der Waals surface area (Å²) in [6.07, 6.45) is 6.55. The number of benzene rings is 1. The molecule has 4 N–H and O–H groups in total. The van der Waals surface area contributed by atoms with Crippen LogP contribution in [0.4, 0.5) is 0 Å². The van der Waals surface area contributed by atoms with E-state index in [2.05, 4.69) is 10.6 Å². The molecule has 0 saturated carbocycles. The molecule has 6 heteroatoms. The van der Waals surface area contributed by atoms with Crippen LogP contribution in [-0.2, 0) is 20.8 Å². The first-order valence-electron chi connectivity index (χ1n) is 8.91. The number of carbonyl (C=O) groups is 3. The van der Waals surface area contributed by atoms with Gasteiger partial charge in [-0.15, -0.1) is 0 Å². The molecule has 0 heterocycles. The van der Waals surface area contributed by atoms with E-state index in [1.807, 2.05) is 30.3 Å². The molecule has 1 atom stereocenters. The minimum absolute atomic E-state index is 0.106. The van der Waals surface area contributed by atoms with Crippen LogP contribution in [0.25, 0.3) is 0 Å². The molecule has 0 saturated heterocycles. The Balaban J connectivity index is 2.17. The normalized spacial score (nSPS) is 11.6. The second-order valence-corrected chi connectivity index (χ2v) is 6.08. The van der Waals surface area contributed by atoms with Gasteiger partial charge in [-0.1, -0.05) is 49.6 Å². The lowest BCUT2D eigenvalue weighted by Gasteiger charge is -2.13. The predicted octanol–water partition coefficient (Wildman–Crippen LogP) is 1.33. The second kappa shape index (κ2) is 13.1. The van der Waals surface area contributed by atoms with Crippen molar-refractivity contribution < 1.29 is 14.4 Å². The summed E-state index contributed by atoms with van der Waals surface area (Å²) in [5.41, 5.74) is 6.39. The zero-order chi connectivity index (χ0) is 18.3. The van der Waals surface area contributed by atoms with Gasteiger partial charge in [0, 0.05) is 6.42 Å². The maximum Gasteiger partial charge on any atom is 0.239 e. The molecule has 6 nitrogen and oxygen atoms in total. The number of carbonyl (C=O) groups excluding carboxylic acids is 3. The third-order valence-corrected chi connectivity index (χ3v) is 3.86. The van der Waals surface area contributed by atoms with E-state index in [1.165, 1.54) is 0 Å². The fourth-order valence-electron chi connectivity index (χ4n) is 2.49. The van der Waals surface area contributed by atoms with Gasteiger partial charge < -0.3 is 21.2 Å². The van der Waals surface area contributed by atoms with E-state index >= 15 is 0 Å². The average molecular weight is 347 g/mol. The van der Waals surface area contributed by atoms with E-state index < -0.39 is 6.04 Å². The lowest BCUT2D eigenvalue weighted by molar-refractivity contribution is -0.127. The van der Waals surface area contributed by atoms with E-state index in [-0.39, 0.29) is 18.4 Å². The number of nitrogens with two attached hydrogens (primary N) is 1. The summed E-state index contributed by atoms with van der Waals surface area (Å²) in [6, 6.07) is 8.88. The molecule has 0 aromatic heterocycles. The Labute approximate surface area is 149 Å². The molecule has 0 aliphatic carbocycles. The zero-order valence-corrected chi connectivity index (χ0v) is 14.7. The minimum Gasteiger partial charge on any atom is -0.347 e. The topological polar surface area (TPSA) is 101 Å². The van der Waals surface area contributed by atoms with Crippen molar-refractivity contribution in [3.63, 3.8) is 0 Å². The predicted molar refractivity (Wildman–Crippen MR) is 97.9 cm³/mol. The van der Waals surface area contributed by atoms with E-state index in [0.717, 1.165) is 37.7 Å². The molecular formula is C19H29N3O3. The van der Waals surface area contributed by atoms with Crippen LogP contribution in [0.15, 0.2) is 30.3 Å². The van der Waals surface area contributed by atoms with Crippen LogP contribution >= 0.6 is 0 Å². The Bertz CT molecular complexity index is 520. The van der Waals surface area contributed by atoms with Crippen molar-refractivity contribution in [1.29, 1.82) is 0 Å². The van der Waals surface area contributed by atoms with Gasteiger partial charge >= 0.3 is 0 Å². The van der Waals surface area contributed by atoms with E-state index in [9.17, 15) is 14.4 Å². The largest absolute Gasteiger partial charge is 0.347 e. The number of hydrogen-bond acceptors (Lipinski definition) is 4. The number of unbranched alkanes of at least 4 members (excludes halogenated alkanes) is 4. The van der Waals surface area contributed by atoms with Crippen molar-refractivity contribution in [1.82, 2.24) is 10.6 Å². The lowest BCUT2D eigenvalue weighted by Crippen LogP contribution is -2.43. The monoisotopic (exact) mass is 347 g/mol. The molecule has 0 aliphatic heterocycles. The van der Waals surface area contributed by atoms with Crippen molar-refractivity contribution in [3.05, 3.63) is 35.9 Å². The van der Waals surface area contributed by atoms with Gasteiger partial charge in [-0.05, 0) is 31.4 Å². The Morgan fingerprint density at radius 3 is 2.36 bits per heavy atom. The summed E-state index contributed by atoms with van der Waals surface area (Å²) in [5, 5.41) is 5.22. The molecule has 1 aromatic rings. The van der Waals surface area contributed by atoms with Crippen LogP contribution in [-0.4, -0.2) is 37.2 Å². The third kappa shape index (κ3) is 10.3. The van der Waals surface area contributed by atoms with Crippen LogP contribution in [0.5, 0.6) is 0 Å². The van der Waals surface area contributed by atoms with Gasteiger partial charge in [0.15, 0.2) is 0 Å². The van der Waals surface area contributed by atoms with Crippen LogP contribution < -0.4 is 16.4 Å². The maximum absolute atomic E-state index is 11.9. The molecule has 2 amide bonds. The first-order valence-corrected chi connectivity index (χ1v) is 8.91. The Morgan fingerprint density at radius 1 is 1.00 bits per heavy atom. The Hall–Kier alpha value is -2.21. The summed E-state index contributed by atoms with van der Waals surface area (Å²) in [6.45, 7) is 0.604. The van der Waals surface area contributed by atoms with Gasteiger partial charge in [-0.3, -0.25) is 9.59 Å². The quantitative estimate of drug-likeness (QED) is 0.370. The van der Waals surface area contributed by atoms with E-state index in [1.54, 1.807) is 0 Å². The van der Waals surface area contributed by atoms with Crippen molar-refractivity contribution in [2.45, 2.75) is 51.0 Å². The molecule has 1 unspecified atom stereocenters. The minimum atomic E-state index is -0.589. The zero-order valence-electron chi connectivity index (χ0n) is 14.7. The molecule has 138 valence electrons. The molecule has 0 aliphatic rings. The number of aldehydes is 1. The highest BCUT2D eigenvalue weighted by Gasteiger charge is 2.12. The first-order chi connectivity index (χ1) is 12.2. The molecule has 25 heavy (non-hydrogen) atoms. The van der Waals surface area contributed by atoms with Gasteiger partial charge in [0.05, 0.1) is 12.6 Å². The standard InChI is InChI=1S/C19H29N3O3/c20-12-8-3-1-2-7-11-18(24)21-14-19(25)22-17(15-23)13-16-9-5-4-6-10-16/h4-6,9-10,15,17H,1-3,7-8,11-14,20H2,(H,21,24)(H,22,25). The summed E-state index contributed by atoms with van der Waals surface area (Å²) >= 11 is 0. The molecule has 0 radical (unpaired) electrons. The van der Waals surface area contributed by atoms with Crippen molar-refractivity contribution in [2.24, 2.45) is 5.73 Å². The third-order valence-electron chi connectivity index (χ3n) is 3.86. The van der Waals surface area contributed by atoms with Gasteiger partial charge in [0.2, 0.25) is 11.8 Å². The SMILES string of the molecule is NCCCCCCCC(=O)NCC(=O)NC(C=O)Cc1ccccc1. The molecular weight excluding hydrogens is 318 g/mol. The van der Waals surface area contributed by atoms with Crippen molar-refractivity contribution in [2.75, 3.05) is 13.1 Å². The highest BCUT2D eigenvalue weighted by molar-refractivity contribution is 5.86. The first kappa shape index (κ1) is 20.8. The van der Waals surface area contributed by atoms with Crippen molar-refractivity contribution >= 4 is 18.1 Å². The smallest absolute Gasteiger partial charge is 0.239 e. The summed E-state index contributed by atoms with van der Waals surface area (Å²) in [7, 11) is 0.